The normalized spacial score (nSPS) is 22.0. The molecule has 0 N–H and O–H groups in total. The number of rotatable bonds is 0. The number of halogens is 1. The van der Waals surface area contributed by atoms with Crippen molar-refractivity contribution in [2.24, 2.45) is 0 Å². The zero-order valence-electron chi connectivity index (χ0n) is 7.31. The topological polar surface area (TPSA) is 0 Å². The van der Waals surface area contributed by atoms with Crippen LogP contribution in [0.25, 0.3) is 0 Å². The van der Waals surface area contributed by atoms with Gasteiger partial charge < -0.3 is 0 Å². The van der Waals surface area contributed by atoms with Crippen LogP contribution in [0.1, 0.15) is 36.8 Å². The molecule has 12 heavy (non-hydrogen) atoms. The summed E-state index contributed by atoms with van der Waals surface area (Å²) in [5.74, 6) is 0.701. The summed E-state index contributed by atoms with van der Waals surface area (Å²) in [7, 11) is 0. The van der Waals surface area contributed by atoms with Crippen LogP contribution in [0.2, 0.25) is 5.02 Å². The predicted octanol–water partition coefficient (Wildman–Crippen LogP) is 3.78. The molecule has 1 aromatic rings. The lowest BCUT2D eigenvalue weighted by Crippen LogP contribution is -2.06. The summed E-state index contributed by atoms with van der Waals surface area (Å²) >= 11 is 5.94. The van der Waals surface area contributed by atoms with Crippen LogP contribution < -0.4 is 0 Å². The van der Waals surface area contributed by atoms with Gasteiger partial charge in [0.1, 0.15) is 0 Å². The van der Waals surface area contributed by atoms with Gasteiger partial charge in [-0.25, -0.2) is 0 Å². The number of hydrogen-bond acceptors (Lipinski definition) is 0. The minimum absolute atomic E-state index is 0.701. The quantitative estimate of drug-likeness (QED) is 0.570. The van der Waals surface area contributed by atoms with Crippen molar-refractivity contribution in [3.05, 3.63) is 34.3 Å². The summed E-state index contributed by atoms with van der Waals surface area (Å²) < 4.78 is 0. The summed E-state index contributed by atoms with van der Waals surface area (Å²) in [6.07, 6.45) is 3.87. The Morgan fingerprint density at radius 2 is 2.25 bits per heavy atom. The second-order valence-corrected chi connectivity index (χ2v) is 4.07. The Hall–Kier alpha value is -0.490. The highest BCUT2D eigenvalue weighted by atomic mass is 35.5. The summed E-state index contributed by atoms with van der Waals surface area (Å²) in [6, 6.07) is 6.30. The zero-order valence-corrected chi connectivity index (χ0v) is 8.06. The SMILES string of the molecule is CC1CCCc2ccc(Cl)cc21. The third-order valence-corrected chi connectivity index (χ3v) is 2.96. The van der Waals surface area contributed by atoms with Crippen LogP contribution in [0.4, 0.5) is 0 Å². The fourth-order valence-corrected chi connectivity index (χ4v) is 2.19. The van der Waals surface area contributed by atoms with Gasteiger partial charge in [0.15, 0.2) is 0 Å². The molecule has 1 aromatic carbocycles. The van der Waals surface area contributed by atoms with Crippen LogP contribution >= 0.6 is 11.6 Å². The number of aryl methyl sites for hydroxylation is 1. The van der Waals surface area contributed by atoms with Gasteiger partial charge in [0.25, 0.3) is 0 Å². The first-order valence-corrected chi connectivity index (χ1v) is 4.93. The Bertz CT molecular complexity index is 291. The summed E-state index contributed by atoms with van der Waals surface area (Å²) in [4.78, 5) is 0. The van der Waals surface area contributed by atoms with Gasteiger partial charge in [-0.05, 0) is 48.4 Å². The minimum Gasteiger partial charge on any atom is -0.0843 e. The standard InChI is InChI=1S/C11H13Cl/c1-8-3-2-4-9-5-6-10(12)7-11(8)9/h5-8H,2-4H2,1H3. The van der Waals surface area contributed by atoms with Crippen LogP contribution in [0.15, 0.2) is 18.2 Å². The Kier molecular flexibility index (Phi) is 2.10. The van der Waals surface area contributed by atoms with E-state index in [-0.39, 0.29) is 0 Å². The lowest BCUT2D eigenvalue weighted by atomic mass is 9.84. The van der Waals surface area contributed by atoms with Crippen molar-refractivity contribution in [2.45, 2.75) is 32.1 Å². The lowest BCUT2D eigenvalue weighted by molar-refractivity contribution is 0.590. The first-order chi connectivity index (χ1) is 5.77. The van der Waals surface area contributed by atoms with E-state index < -0.39 is 0 Å². The Labute approximate surface area is 78.6 Å². The van der Waals surface area contributed by atoms with Gasteiger partial charge in [-0.1, -0.05) is 24.6 Å². The molecular formula is C11H13Cl. The van der Waals surface area contributed by atoms with Gasteiger partial charge in [0.2, 0.25) is 0 Å². The molecule has 0 amide bonds. The molecule has 1 aliphatic rings. The molecule has 0 saturated heterocycles. The first kappa shape index (κ1) is 8.12. The minimum atomic E-state index is 0.701. The average Bonchev–Trinajstić information content (AvgIpc) is 2.07. The molecule has 0 heterocycles. The van der Waals surface area contributed by atoms with Crippen molar-refractivity contribution in [3.8, 4) is 0 Å². The van der Waals surface area contributed by atoms with E-state index in [1.807, 2.05) is 6.07 Å². The zero-order chi connectivity index (χ0) is 8.55. The maximum absolute atomic E-state index is 5.94. The maximum atomic E-state index is 5.94. The molecule has 0 aromatic heterocycles. The molecule has 0 spiro atoms. The van der Waals surface area contributed by atoms with E-state index >= 15 is 0 Å². The van der Waals surface area contributed by atoms with Crippen molar-refractivity contribution in [2.75, 3.05) is 0 Å². The van der Waals surface area contributed by atoms with E-state index in [0.717, 1.165) is 5.02 Å². The highest BCUT2D eigenvalue weighted by Crippen LogP contribution is 2.32. The van der Waals surface area contributed by atoms with Crippen molar-refractivity contribution < 1.29 is 0 Å². The van der Waals surface area contributed by atoms with Crippen molar-refractivity contribution >= 4 is 11.6 Å². The molecule has 1 aliphatic carbocycles. The molecule has 0 fully saturated rings. The fraction of sp³-hybridized carbons (Fsp3) is 0.455. The molecule has 0 nitrogen and oxygen atoms in total. The first-order valence-electron chi connectivity index (χ1n) is 4.55. The van der Waals surface area contributed by atoms with Crippen LogP contribution in [0.3, 0.4) is 0 Å². The monoisotopic (exact) mass is 180 g/mol. The largest absolute Gasteiger partial charge is 0.0843 e. The van der Waals surface area contributed by atoms with Crippen LogP contribution in [0.5, 0.6) is 0 Å². The predicted molar refractivity (Wildman–Crippen MR) is 52.8 cm³/mol. The molecule has 1 heteroatoms. The van der Waals surface area contributed by atoms with Gasteiger partial charge >= 0.3 is 0 Å². The van der Waals surface area contributed by atoms with Crippen molar-refractivity contribution in [3.63, 3.8) is 0 Å². The van der Waals surface area contributed by atoms with Gasteiger partial charge in [-0.3, -0.25) is 0 Å². The summed E-state index contributed by atoms with van der Waals surface area (Å²) in [6.45, 7) is 2.29. The second-order valence-electron chi connectivity index (χ2n) is 3.64. The molecule has 0 radical (unpaired) electrons. The van der Waals surface area contributed by atoms with Crippen molar-refractivity contribution in [1.82, 2.24) is 0 Å². The van der Waals surface area contributed by atoms with Crippen LogP contribution in [-0.2, 0) is 6.42 Å². The van der Waals surface area contributed by atoms with Gasteiger partial charge in [0, 0.05) is 5.02 Å². The summed E-state index contributed by atoms with van der Waals surface area (Å²) in [5, 5.41) is 0.877. The Balaban J connectivity index is 2.47. The molecule has 2 rings (SSSR count). The summed E-state index contributed by atoms with van der Waals surface area (Å²) in [5.41, 5.74) is 2.96. The van der Waals surface area contributed by atoms with E-state index in [9.17, 15) is 0 Å². The highest BCUT2D eigenvalue weighted by Gasteiger charge is 2.15. The molecule has 0 bridgehead atoms. The van der Waals surface area contributed by atoms with Crippen LogP contribution in [-0.4, -0.2) is 0 Å². The number of fused-ring (bicyclic) bond motifs is 1. The average molecular weight is 181 g/mol. The lowest BCUT2D eigenvalue weighted by Gasteiger charge is -2.22. The Morgan fingerprint density at radius 3 is 3.08 bits per heavy atom. The van der Waals surface area contributed by atoms with E-state index in [2.05, 4.69) is 19.1 Å². The number of hydrogen-bond donors (Lipinski definition) is 0. The molecule has 1 atom stereocenters. The van der Waals surface area contributed by atoms with E-state index in [1.165, 1.54) is 30.4 Å². The molecule has 0 saturated carbocycles. The second kappa shape index (κ2) is 3.10. The van der Waals surface area contributed by atoms with E-state index in [1.54, 1.807) is 0 Å². The third kappa shape index (κ3) is 1.36. The van der Waals surface area contributed by atoms with Crippen LogP contribution in [0, 0.1) is 0 Å². The van der Waals surface area contributed by atoms with E-state index in [0.29, 0.717) is 5.92 Å². The Morgan fingerprint density at radius 1 is 1.42 bits per heavy atom. The van der Waals surface area contributed by atoms with Crippen molar-refractivity contribution in [1.29, 1.82) is 0 Å². The molecular weight excluding hydrogens is 168 g/mol. The third-order valence-electron chi connectivity index (χ3n) is 2.72. The van der Waals surface area contributed by atoms with Gasteiger partial charge in [0.05, 0.1) is 0 Å². The molecule has 1 unspecified atom stereocenters. The van der Waals surface area contributed by atoms with Gasteiger partial charge in [-0.15, -0.1) is 0 Å². The van der Waals surface area contributed by atoms with E-state index in [4.69, 9.17) is 11.6 Å². The molecule has 0 aliphatic heterocycles. The smallest absolute Gasteiger partial charge is 0.0409 e. The highest BCUT2D eigenvalue weighted by molar-refractivity contribution is 6.30. The fourth-order valence-electron chi connectivity index (χ4n) is 2.01. The maximum Gasteiger partial charge on any atom is 0.0409 e. The molecule has 64 valence electrons. The van der Waals surface area contributed by atoms with Gasteiger partial charge in [-0.2, -0.15) is 0 Å². The number of benzene rings is 1.